The first-order valence-corrected chi connectivity index (χ1v) is 6.13. The predicted octanol–water partition coefficient (Wildman–Crippen LogP) is 3.17. The summed E-state index contributed by atoms with van der Waals surface area (Å²) in [5, 5.41) is 3.20. The minimum absolute atomic E-state index is 0.0489. The summed E-state index contributed by atoms with van der Waals surface area (Å²) in [6.45, 7) is 1.98. The van der Waals surface area contributed by atoms with Gasteiger partial charge < -0.3 is 5.32 Å². The Morgan fingerprint density at radius 1 is 1.21 bits per heavy atom. The van der Waals surface area contributed by atoms with E-state index in [2.05, 4.69) is 10.3 Å². The lowest BCUT2D eigenvalue weighted by molar-refractivity contribution is 0.504. The summed E-state index contributed by atoms with van der Waals surface area (Å²) in [6.07, 6.45) is 4.13. The van der Waals surface area contributed by atoms with Crippen molar-refractivity contribution in [2.75, 3.05) is 7.05 Å². The highest BCUT2D eigenvalue weighted by Gasteiger charge is 2.13. The van der Waals surface area contributed by atoms with E-state index in [4.69, 9.17) is 0 Å². The zero-order valence-electron chi connectivity index (χ0n) is 11.0. The molecule has 0 aliphatic carbocycles. The number of rotatable bonds is 4. The number of nitrogens with one attached hydrogen (secondary N) is 1. The van der Waals surface area contributed by atoms with Crippen molar-refractivity contribution in [3.05, 3.63) is 65.0 Å². The zero-order chi connectivity index (χ0) is 13.8. The van der Waals surface area contributed by atoms with Gasteiger partial charge in [0.05, 0.1) is 0 Å². The van der Waals surface area contributed by atoms with Crippen molar-refractivity contribution < 1.29 is 8.78 Å². The molecule has 2 rings (SSSR count). The molecule has 0 spiro atoms. The van der Waals surface area contributed by atoms with Gasteiger partial charge in [-0.25, -0.2) is 8.78 Å². The van der Waals surface area contributed by atoms with E-state index < -0.39 is 11.6 Å². The molecule has 100 valence electrons. The number of hydrogen-bond donors (Lipinski definition) is 1. The van der Waals surface area contributed by atoms with Crippen molar-refractivity contribution in [1.29, 1.82) is 0 Å². The maximum Gasteiger partial charge on any atom is 0.159 e. The molecular formula is C15H16F2N2. The van der Waals surface area contributed by atoms with Gasteiger partial charge in [0, 0.05) is 18.4 Å². The molecule has 2 nitrogen and oxygen atoms in total. The van der Waals surface area contributed by atoms with Crippen molar-refractivity contribution >= 4 is 0 Å². The number of aromatic nitrogens is 1. The Labute approximate surface area is 111 Å². The third kappa shape index (κ3) is 3.15. The van der Waals surface area contributed by atoms with Gasteiger partial charge in [-0.2, -0.15) is 0 Å². The van der Waals surface area contributed by atoms with Crippen LogP contribution in [0.3, 0.4) is 0 Å². The number of pyridine rings is 1. The molecule has 4 heteroatoms. The number of aryl methyl sites for hydroxylation is 1. The zero-order valence-corrected chi connectivity index (χ0v) is 11.0. The molecule has 0 amide bonds. The SMILES string of the molecule is CNC(Cc1ccc(F)c(F)c1)c1ccncc1C. The molecule has 0 fully saturated rings. The highest BCUT2D eigenvalue weighted by atomic mass is 19.2. The molecule has 2 aromatic rings. The average molecular weight is 262 g/mol. The average Bonchev–Trinajstić information content (AvgIpc) is 2.41. The van der Waals surface area contributed by atoms with Gasteiger partial charge in [0.2, 0.25) is 0 Å². The Morgan fingerprint density at radius 2 is 2.00 bits per heavy atom. The lowest BCUT2D eigenvalue weighted by Gasteiger charge is -2.18. The van der Waals surface area contributed by atoms with Crippen LogP contribution in [0.25, 0.3) is 0 Å². The first-order chi connectivity index (χ1) is 9.11. The van der Waals surface area contributed by atoms with E-state index in [0.717, 1.165) is 22.8 Å². The molecule has 0 radical (unpaired) electrons. The summed E-state index contributed by atoms with van der Waals surface area (Å²) in [7, 11) is 1.85. The van der Waals surface area contributed by atoms with E-state index in [1.807, 2.05) is 20.0 Å². The molecule has 1 aromatic carbocycles. The van der Waals surface area contributed by atoms with Gasteiger partial charge in [-0.15, -0.1) is 0 Å². The second kappa shape index (κ2) is 5.89. The molecule has 1 N–H and O–H groups in total. The van der Waals surface area contributed by atoms with E-state index in [-0.39, 0.29) is 6.04 Å². The van der Waals surface area contributed by atoms with Gasteiger partial charge in [0.25, 0.3) is 0 Å². The molecular weight excluding hydrogens is 246 g/mol. The molecule has 0 aliphatic heterocycles. The highest BCUT2D eigenvalue weighted by molar-refractivity contribution is 5.28. The minimum Gasteiger partial charge on any atom is -0.313 e. The normalized spacial score (nSPS) is 12.4. The van der Waals surface area contributed by atoms with E-state index in [1.165, 1.54) is 6.07 Å². The van der Waals surface area contributed by atoms with Gasteiger partial charge in [-0.05, 0) is 55.3 Å². The molecule has 1 heterocycles. The fourth-order valence-electron chi connectivity index (χ4n) is 2.14. The van der Waals surface area contributed by atoms with E-state index in [0.29, 0.717) is 6.42 Å². The maximum atomic E-state index is 13.2. The Balaban J connectivity index is 2.24. The fourth-order valence-corrected chi connectivity index (χ4v) is 2.14. The number of halogens is 2. The summed E-state index contributed by atoms with van der Waals surface area (Å²) in [6, 6.07) is 6.01. The van der Waals surface area contributed by atoms with Crippen LogP contribution in [0.4, 0.5) is 8.78 Å². The first kappa shape index (κ1) is 13.6. The number of likely N-dealkylation sites (N-methyl/N-ethyl adjacent to an activating group) is 1. The maximum absolute atomic E-state index is 13.2. The van der Waals surface area contributed by atoms with Crippen LogP contribution in [0.5, 0.6) is 0 Å². The number of nitrogens with zero attached hydrogens (tertiary/aromatic N) is 1. The smallest absolute Gasteiger partial charge is 0.159 e. The third-order valence-corrected chi connectivity index (χ3v) is 3.21. The number of hydrogen-bond acceptors (Lipinski definition) is 2. The Kier molecular flexibility index (Phi) is 4.22. The van der Waals surface area contributed by atoms with Gasteiger partial charge in [0.15, 0.2) is 11.6 Å². The monoisotopic (exact) mass is 262 g/mol. The molecule has 0 aliphatic rings. The van der Waals surface area contributed by atoms with E-state index >= 15 is 0 Å². The van der Waals surface area contributed by atoms with Crippen LogP contribution in [0.1, 0.15) is 22.7 Å². The summed E-state index contributed by atoms with van der Waals surface area (Å²) in [5.41, 5.74) is 2.95. The fraction of sp³-hybridized carbons (Fsp3) is 0.267. The molecule has 1 unspecified atom stereocenters. The molecule has 1 aromatic heterocycles. The van der Waals surface area contributed by atoms with Gasteiger partial charge in [-0.3, -0.25) is 4.98 Å². The van der Waals surface area contributed by atoms with Gasteiger partial charge in [0.1, 0.15) is 0 Å². The highest BCUT2D eigenvalue weighted by Crippen LogP contribution is 2.21. The molecule has 1 atom stereocenters. The molecule has 0 bridgehead atoms. The number of benzene rings is 1. The standard InChI is InChI=1S/C15H16F2N2/c1-10-9-19-6-5-12(10)15(18-2)8-11-3-4-13(16)14(17)7-11/h3-7,9,15,18H,8H2,1-2H3. The summed E-state index contributed by atoms with van der Waals surface area (Å²) in [5.74, 6) is -1.62. The molecule has 19 heavy (non-hydrogen) atoms. The Bertz CT molecular complexity index is 570. The van der Waals surface area contributed by atoms with Crippen molar-refractivity contribution in [1.82, 2.24) is 10.3 Å². The van der Waals surface area contributed by atoms with Crippen molar-refractivity contribution in [2.24, 2.45) is 0 Å². The van der Waals surface area contributed by atoms with Crippen LogP contribution < -0.4 is 5.32 Å². The van der Waals surface area contributed by atoms with Crippen LogP contribution in [-0.2, 0) is 6.42 Å². The topological polar surface area (TPSA) is 24.9 Å². The molecule has 0 saturated carbocycles. The lowest BCUT2D eigenvalue weighted by Crippen LogP contribution is -2.20. The van der Waals surface area contributed by atoms with Crippen LogP contribution in [0, 0.1) is 18.6 Å². The van der Waals surface area contributed by atoms with Gasteiger partial charge in [-0.1, -0.05) is 6.07 Å². The predicted molar refractivity (Wildman–Crippen MR) is 70.8 cm³/mol. The Morgan fingerprint density at radius 3 is 2.63 bits per heavy atom. The summed E-state index contributed by atoms with van der Waals surface area (Å²) in [4.78, 5) is 4.06. The van der Waals surface area contributed by atoms with Crippen molar-refractivity contribution in [3.63, 3.8) is 0 Å². The second-order valence-electron chi connectivity index (χ2n) is 4.53. The quantitative estimate of drug-likeness (QED) is 0.915. The molecule has 0 saturated heterocycles. The van der Waals surface area contributed by atoms with Crippen LogP contribution in [0.15, 0.2) is 36.7 Å². The van der Waals surface area contributed by atoms with Gasteiger partial charge >= 0.3 is 0 Å². The lowest BCUT2D eigenvalue weighted by atomic mass is 9.97. The van der Waals surface area contributed by atoms with E-state index in [1.54, 1.807) is 18.5 Å². The summed E-state index contributed by atoms with van der Waals surface area (Å²) >= 11 is 0. The largest absolute Gasteiger partial charge is 0.313 e. The van der Waals surface area contributed by atoms with Crippen LogP contribution in [-0.4, -0.2) is 12.0 Å². The van der Waals surface area contributed by atoms with E-state index in [9.17, 15) is 8.78 Å². The van der Waals surface area contributed by atoms with Crippen molar-refractivity contribution in [3.8, 4) is 0 Å². The second-order valence-corrected chi connectivity index (χ2v) is 4.53. The van der Waals surface area contributed by atoms with Crippen LogP contribution in [0.2, 0.25) is 0 Å². The third-order valence-electron chi connectivity index (χ3n) is 3.21. The first-order valence-electron chi connectivity index (χ1n) is 6.13. The van der Waals surface area contributed by atoms with Crippen molar-refractivity contribution in [2.45, 2.75) is 19.4 Å². The Hall–Kier alpha value is -1.81. The minimum atomic E-state index is -0.815. The van der Waals surface area contributed by atoms with Crippen LogP contribution >= 0.6 is 0 Å². The summed E-state index contributed by atoms with van der Waals surface area (Å²) < 4.78 is 26.1.